The highest BCUT2D eigenvalue weighted by molar-refractivity contribution is 8.14. The van der Waals surface area contributed by atoms with E-state index >= 15 is 0 Å². The van der Waals surface area contributed by atoms with E-state index in [1.54, 1.807) is 11.8 Å². The Kier molecular flexibility index (Phi) is 2.32. The van der Waals surface area contributed by atoms with Crippen molar-refractivity contribution in [3.8, 4) is 0 Å². The first kappa shape index (κ1) is 7.60. The molecule has 1 atom stereocenters. The smallest absolute Gasteiger partial charge is 0.222 e. The van der Waals surface area contributed by atoms with E-state index < -0.39 is 0 Å². The summed E-state index contributed by atoms with van der Waals surface area (Å²) in [4.78, 5) is 14.6. The van der Waals surface area contributed by atoms with Crippen molar-refractivity contribution in [1.82, 2.24) is 5.32 Å². The Morgan fingerprint density at radius 1 is 1.90 bits per heavy atom. The van der Waals surface area contributed by atoms with Crippen LogP contribution in [0.3, 0.4) is 0 Å². The van der Waals surface area contributed by atoms with E-state index in [1.807, 2.05) is 0 Å². The molecule has 1 amide bonds. The number of aliphatic imine (C=N–C) groups is 1. The van der Waals surface area contributed by atoms with Gasteiger partial charge in [-0.05, 0) is 0 Å². The van der Waals surface area contributed by atoms with Gasteiger partial charge in [-0.3, -0.25) is 9.79 Å². The van der Waals surface area contributed by atoms with E-state index in [-0.39, 0.29) is 5.91 Å². The number of hydrogen-bond donors (Lipinski definition) is 1. The largest absolute Gasteiger partial charge is 0.306 e. The molecule has 0 saturated carbocycles. The predicted octanol–water partition coefficient (Wildman–Crippen LogP) is 0.614. The molecule has 56 valence electrons. The molecule has 0 radical (unpaired) electrons. The third kappa shape index (κ3) is 2.02. The number of carbonyl (C=O) groups excluding carboxylic acids is 1. The van der Waals surface area contributed by atoms with Crippen LogP contribution in [0.5, 0.6) is 0 Å². The lowest BCUT2D eigenvalue weighted by Gasteiger charge is -1.99. The molecule has 0 aromatic heterocycles. The zero-order valence-electron chi connectivity index (χ0n) is 6.05. The van der Waals surface area contributed by atoms with E-state index in [0.717, 1.165) is 11.7 Å². The van der Waals surface area contributed by atoms with Crippen LogP contribution in [-0.4, -0.2) is 22.9 Å². The van der Waals surface area contributed by atoms with Crippen molar-refractivity contribution in [2.75, 3.05) is 6.54 Å². The van der Waals surface area contributed by atoms with Crippen LogP contribution in [0.25, 0.3) is 0 Å². The minimum Gasteiger partial charge on any atom is -0.306 e. The van der Waals surface area contributed by atoms with Crippen LogP contribution in [0.15, 0.2) is 4.99 Å². The molecule has 0 aromatic carbocycles. The van der Waals surface area contributed by atoms with Crippen LogP contribution in [0.1, 0.15) is 13.8 Å². The van der Waals surface area contributed by atoms with E-state index in [0.29, 0.717) is 5.25 Å². The molecule has 1 heterocycles. The van der Waals surface area contributed by atoms with Gasteiger partial charge in [0.2, 0.25) is 5.91 Å². The van der Waals surface area contributed by atoms with Gasteiger partial charge >= 0.3 is 0 Å². The Morgan fingerprint density at radius 2 is 2.60 bits per heavy atom. The zero-order chi connectivity index (χ0) is 7.56. The van der Waals surface area contributed by atoms with E-state index in [2.05, 4.69) is 17.2 Å². The first-order valence-electron chi connectivity index (χ1n) is 3.17. The van der Waals surface area contributed by atoms with Gasteiger partial charge in [0.25, 0.3) is 0 Å². The van der Waals surface area contributed by atoms with Crippen molar-refractivity contribution in [2.24, 2.45) is 4.99 Å². The molecule has 0 aliphatic carbocycles. The average molecular weight is 158 g/mol. The summed E-state index contributed by atoms with van der Waals surface area (Å²) in [6, 6.07) is 0. The SMILES string of the molecule is CC(=O)NC1=NC[C@@H](C)S1. The normalized spacial score (nSPS) is 24.2. The molecule has 4 heteroatoms. The first-order valence-corrected chi connectivity index (χ1v) is 4.05. The quantitative estimate of drug-likeness (QED) is 0.561. The monoisotopic (exact) mass is 158 g/mol. The second kappa shape index (κ2) is 3.05. The van der Waals surface area contributed by atoms with Crippen molar-refractivity contribution in [3.05, 3.63) is 0 Å². The number of amidine groups is 1. The highest BCUT2D eigenvalue weighted by Gasteiger charge is 2.14. The minimum absolute atomic E-state index is 0.0413. The number of rotatable bonds is 0. The summed E-state index contributed by atoms with van der Waals surface area (Å²) >= 11 is 1.61. The molecule has 0 aromatic rings. The zero-order valence-corrected chi connectivity index (χ0v) is 6.86. The van der Waals surface area contributed by atoms with Gasteiger partial charge in [-0.2, -0.15) is 0 Å². The summed E-state index contributed by atoms with van der Waals surface area (Å²) < 4.78 is 0. The van der Waals surface area contributed by atoms with Gasteiger partial charge in [-0.25, -0.2) is 0 Å². The molecule has 0 fully saturated rings. The van der Waals surface area contributed by atoms with Crippen molar-refractivity contribution in [3.63, 3.8) is 0 Å². The second-order valence-electron chi connectivity index (χ2n) is 2.26. The maximum absolute atomic E-state index is 10.5. The Hall–Kier alpha value is -0.510. The van der Waals surface area contributed by atoms with Crippen LogP contribution in [0, 0.1) is 0 Å². The maximum Gasteiger partial charge on any atom is 0.222 e. The lowest BCUT2D eigenvalue weighted by molar-refractivity contribution is -0.117. The summed E-state index contributed by atoms with van der Waals surface area (Å²) in [5.41, 5.74) is 0. The Morgan fingerprint density at radius 3 is 3.00 bits per heavy atom. The highest BCUT2D eigenvalue weighted by Crippen LogP contribution is 2.17. The number of thioether (sulfide) groups is 1. The summed E-state index contributed by atoms with van der Waals surface area (Å²) in [5.74, 6) is -0.0413. The third-order valence-corrected chi connectivity index (χ3v) is 2.09. The maximum atomic E-state index is 10.5. The fourth-order valence-corrected chi connectivity index (χ4v) is 1.58. The molecule has 0 spiro atoms. The molecular formula is C6H10N2OS. The van der Waals surface area contributed by atoms with Gasteiger partial charge in [0.1, 0.15) is 0 Å². The van der Waals surface area contributed by atoms with Crippen molar-refractivity contribution in [2.45, 2.75) is 19.1 Å². The third-order valence-electron chi connectivity index (χ3n) is 1.09. The first-order chi connectivity index (χ1) is 4.68. The predicted molar refractivity (Wildman–Crippen MR) is 43.2 cm³/mol. The highest BCUT2D eigenvalue weighted by atomic mass is 32.2. The van der Waals surface area contributed by atoms with Gasteiger partial charge in [-0.1, -0.05) is 18.7 Å². The summed E-state index contributed by atoms with van der Waals surface area (Å²) in [6.07, 6.45) is 0. The van der Waals surface area contributed by atoms with Crippen LogP contribution in [-0.2, 0) is 4.79 Å². The Labute approximate surface area is 64.3 Å². The number of carbonyl (C=O) groups is 1. The standard InChI is InChI=1S/C6H10N2OS/c1-4-3-7-6(10-4)8-5(2)9/h4H,3H2,1-2H3,(H,7,8,9)/t4-/m1/s1. The van der Waals surface area contributed by atoms with Crippen molar-refractivity contribution >= 4 is 22.8 Å². The lowest BCUT2D eigenvalue weighted by Crippen LogP contribution is -2.24. The summed E-state index contributed by atoms with van der Waals surface area (Å²) in [7, 11) is 0. The van der Waals surface area contributed by atoms with Gasteiger partial charge in [0, 0.05) is 12.2 Å². The van der Waals surface area contributed by atoms with Crippen LogP contribution in [0.2, 0.25) is 0 Å². The number of nitrogens with one attached hydrogen (secondary N) is 1. The summed E-state index contributed by atoms with van der Waals surface area (Å²) in [6.45, 7) is 4.40. The molecule has 10 heavy (non-hydrogen) atoms. The average Bonchev–Trinajstić information content (AvgIpc) is 2.13. The van der Waals surface area contributed by atoms with E-state index in [9.17, 15) is 4.79 Å². The van der Waals surface area contributed by atoms with Crippen LogP contribution >= 0.6 is 11.8 Å². The molecule has 0 saturated heterocycles. The second-order valence-corrected chi connectivity index (χ2v) is 3.68. The van der Waals surface area contributed by atoms with Gasteiger partial charge in [0.05, 0.1) is 6.54 Å². The Balaban J connectivity index is 2.37. The number of nitrogens with zero attached hydrogens (tertiary/aromatic N) is 1. The van der Waals surface area contributed by atoms with Crippen LogP contribution in [0.4, 0.5) is 0 Å². The van der Waals surface area contributed by atoms with E-state index in [1.165, 1.54) is 6.92 Å². The lowest BCUT2D eigenvalue weighted by atomic mass is 10.5. The molecule has 1 N–H and O–H groups in total. The van der Waals surface area contributed by atoms with Crippen molar-refractivity contribution in [1.29, 1.82) is 0 Å². The summed E-state index contributed by atoms with van der Waals surface area (Å²) in [5, 5.41) is 3.93. The topological polar surface area (TPSA) is 41.5 Å². The van der Waals surface area contributed by atoms with E-state index in [4.69, 9.17) is 0 Å². The number of hydrogen-bond acceptors (Lipinski definition) is 3. The fraction of sp³-hybridized carbons (Fsp3) is 0.667. The van der Waals surface area contributed by atoms with Gasteiger partial charge in [-0.15, -0.1) is 0 Å². The van der Waals surface area contributed by atoms with Crippen LogP contribution < -0.4 is 5.32 Å². The molecule has 3 nitrogen and oxygen atoms in total. The number of amides is 1. The van der Waals surface area contributed by atoms with Crippen molar-refractivity contribution < 1.29 is 4.79 Å². The Bertz CT molecular complexity index is 179. The van der Waals surface area contributed by atoms with Gasteiger partial charge in [0.15, 0.2) is 5.17 Å². The molecule has 0 unspecified atom stereocenters. The molecule has 1 rings (SSSR count). The molecule has 1 aliphatic heterocycles. The molecule has 0 bridgehead atoms. The fourth-order valence-electron chi connectivity index (χ4n) is 0.696. The molecular weight excluding hydrogens is 148 g/mol. The minimum atomic E-state index is -0.0413. The molecule has 1 aliphatic rings. The van der Waals surface area contributed by atoms with Gasteiger partial charge < -0.3 is 5.32 Å².